The number of hydrogen-bond donors (Lipinski definition) is 1. The largest absolute Gasteiger partial charge is 0.264 e. The van der Waals surface area contributed by atoms with E-state index in [4.69, 9.17) is 12.2 Å². The van der Waals surface area contributed by atoms with Gasteiger partial charge in [0.05, 0.1) is 10.6 Å². The van der Waals surface area contributed by atoms with Gasteiger partial charge >= 0.3 is 0 Å². The van der Waals surface area contributed by atoms with Crippen LogP contribution in [0.1, 0.15) is 5.56 Å². The molecule has 1 N–H and O–H groups in total. The van der Waals surface area contributed by atoms with Crippen LogP contribution in [0.25, 0.3) is 16.4 Å². The number of aromatic amines is 1. The second-order valence-corrected chi connectivity index (χ2v) is 5.55. The first-order valence-corrected chi connectivity index (χ1v) is 7.04. The third kappa shape index (κ3) is 2.08. The predicted molar refractivity (Wildman–Crippen MR) is 76.7 cm³/mol. The molecule has 2 aromatic heterocycles. The molecule has 0 unspecified atom stereocenters. The first-order chi connectivity index (χ1) is 9.58. The van der Waals surface area contributed by atoms with E-state index in [0.29, 0.717) is 5.82 Å². The fourth-order valence-electron chi connectivity index (χ4n) is 1.90. The van der Waals surface area contributed by atoms with Crippen LogP contribution < -0.4 is 0 Å². The van der Waals surface area contributed by atoms with Crippen LogP contribution in [0.15, 0.2) is 29.6 Å². The molecule has 3 nitrogen and oxygen atoms in total. The van der Waals surface area contributed by atoms with Crippen LogP contribution >= 0.6 is 23.6 Å². The first kappa shape index (κ1) is 13.1. The fraction of sp³-hybridized carbons (Fsp3) is 0.0769. The van der Waals surface area contributed by atoms with Crippen LogP contribution in [-0.2, 0) is 0 Å². The highest BCUT2D eigenvalue weighted by Crippen LogP contribution is 2.27. The second kappa shape index (κ2) is 4.92. The molecule has 20 heavy (non-hydrogen) atoms. The highest BCUT2D eigenvalue weighted by molar-refractivity contribution is 7.71. The van der Waals surface area contributed by atoms with E-state index in [-0.39, 0.29) is 16.0 Å². The van der Waals surface area contributed by atoms with E-state index in [1.54, 1.807) is 0 Å². The zero-order valence-electron chi connectivity index (χ0n) is 10.4. The molecule has 0 atom stereocenters. The van der Waals surface area contributed by atoms with Gasteiger partial charge in [0.15, 0.2) is 10.6 Å². The van der Waals surface area contributed by atoms with Crippen molar-refractivity contribution >= 4 is 23.6 Å². The molecule has 0 aliphatic heterocycles. The lowest BCUT2D eigenvalue weighted by molar-refractivity contribution is 0.585. The van der Waals surface area contributed by atoms with Crippen LogP contribution in [0.3, 0.4) is 0 Å². The van der Waals surface area contributed by atoms with Crippen molar-refractivity contribution in [3.63, 3.8) is 0 Å². The SMILES string of the molecule is Cc1cc(F)c(-n2c(-c3cccs3)n[nH]c2=S)cc1F. The zero-order chi connectivity index (χ0) is 14.3. The van der Waals surface area contributed by atoms with Gasteiger partial charge in [-0.15, -0.1) is 11.3 Å². The summed E-state index contributed by atoms with van der Waals surface area (Å²) < 4.78 is 29.5. The second-order valence-electron chi connectivity index (χ2n) is 4.22. The van der Waals surface area contributed by atoms with Gasteiger partial charge in [-0.3, -0.25) is 9.67 Å². The molecule has 0 saturated carbocycles. The fourth-order valence-corrected chi connectivity index (χ4v) is 2.83. The summed E-state index contributed by atoms with van der Waals surface area (Å²) in [6, 6.07) is 5.98. The van der Waals surface area contributed by atoms with Crippen LogP contribution in [0.2, 0.25) is 0 Å². The summed E-state index contributed by atoms with van der Waals surface area (Å²) in [5, 5.41) is 8.59. The molecule has 3 rings (SSSR count). The lowest BCUT2D eigenvalue weighted by Crippen LogP contribution is -2.02. The Bertz CT molecular complexity index is 819. The highest BCUT2D eigenvalue weighted by Gasteiger charge is 2.16. The van der Waals surface area contributed by atoms with Gasteiger partial charge in [-0.1, -0.05) is 6.07 Å². The number of hydrogen-bond acceptors (Lipinski definition) is 3. The topological polar surface area (TPSA) is 33.6 Å². The lowest BCUT2D eigenvalue weighted by Gasteiger charge is -2.08. The quantitative estimate of drug-likeness (QED) is 0.718. The maximum atomic E-state index is 14.1. The number of aryl methyl sites for hydroxylation is 1. The summed E-state index contributed by atoms with van der Waals surface area (Å²) in [6.07, 6.45) is 0. The van der Waals surface area contributed by atoms with Crippen molar-refractivity contribution in [2.45, 2.75) is 6.92 Å². The average Bonchev–Trinajstić information content (AvgIpc) is 3.03. The van der Waals surface area contributed by atoms with Crippen molar-refractivity contribution < 1.29 is 8.78 Å². The van der Waals surface area contributed by atoms with Crippen LogP contribution in [0.5, 0.6) is 0 Å². The number of nitrogens with one attached hydrogen (secondary N) is 1. The van der Waals surface area contributed by atoms with Crippen LogP contribution in [0, 0.1) is 23.3 Å². The number of H-pyrrole nitrogens is 1. The monoisotopic (exact) mass is 309 g/mol. The van der Waals surface area contributed by atoms with Crippen molar-refractivity contribution in [3.8, 4) is 16.4 Å². The first-order valence-electron chi connectivity index (χ1n) is 5.75. The molecule has 2 heterocycles. The molecule has 0 aliphatic carbocycles. The van der Waals surface area contributed by atoms with Gasteiger partial charge in [0.1, 0.15) is 11.6 Å². The van der Waals surface area contributed by atoms with E-state index in [1.165, 1.54) is 22.8 Å². The Morgan fingerprint density at radius 2 is 2.10 bits per heavy atom. The molecule has 0 saturated heterocycles. The summed E-state index contributed by atoms with van der Waals surface area (Å²) in [5.41, 5.74) is 0.300. The standard InChI is InChI=1S/C13H9F2N3S2/c1-7-5-9(15)10(6-8(7)14)18-12(16-17-13(18)19)11-3-2-4-20-11/h2-6H,1H3,(H,17,19). The normalized spacial score (nSPS) is 10.9. The summed E-state index contributed by atoms with van der Waals surface area (Å²) in [7, 11) is 0. The maximum absolute atomic E-state index is 14.1. The number of aromatic nitrogens is 3. The average molecular weight is 309 g/mol. The summed E-state index contributed by atoms with van der Waals surface area (Å²) in [5.74, 6) is -0.562. The van der Waals surface area contributed by atoms with Gasteiger partial charge in [0.2, 0.25) is 0 Å². The van der Waals surface area contributed by atoms with Gasteiger partial charge in [-0.05, 0) is 42.2 Å². The van der Waals surface area contributed by atoms with E-state index < -0.39 is 11.6 Å². The van der Waals surface area contributed by atoms with Crippen molar-refractivity contribution in [2.24, 2.45) is 0 Å². The maximum Gasteiger partial charge on any atom is 0.200 e. The number of benzene rings is 1. The van der Waals surface area contributed by atoms with Crippen molar-refractivity contribution in [1.29, 1.82) is 0 Å². The highest BCUT2D eigenvalue weighted by atomic mass is 32.1. The van der Waals surface area contributed by atoms with Gasteiger partial charge < -0.3 is 0 Å². The minimum atomic E-state index is -0.542. The zero-order valence-corrected chi connectivity index (χ0v) is 12.0. The number of halogens is 2. The summed E-state index contributed by atoms with van der Waals surface area (Å²) >= 11 is 6.57. The predicted octanol–water partition coefficient (Wildman–Crippen LogP) is 4.25. The van der Waals surface area contributed by atoms with Crippen molar-refractivity contribution in [3.05, 3.63) is 51.6 Å². The Hall–Kier alpha value is -1.86. The molecule has 102 valence electrons. The van der Waals surface area contributed by atoms with E-state index in [2.05, 4.69) is 10.2 Å². The third-order valence-electron chi connectivity index (χ3n) is 2.88. The van der Waals surface area contributed by atoms with E-state index in [1.807, 2.05) is 17.5 Å². The Labute approximate surface area is 122 Å². The molecule has 1 aromatic carbocycles. The number of thiophene rings is 1. The molecule has 0 amide bonds. The molecule has 0 fully saturated rings. The number of nitrogens with zero attached hydrogens (tertiary/aromatic N) is 2. The minimum Gasteiger partial charge on any atom is -0.264 e. The van der Waals surface area contributed by atoms with Crippen LogP contribution in [0.4, 0.5) is 8.78 Å². The molecule has 0 spiro atoms. The molecule has 0 radical (unpaired) electrons. The van der Waals surface area contributed by atoms with E-state index >= 15 is 0 Å². The van der Waals surface area contributed by atoms with Crippen LogP contribution in [-0.4, -0.2) is 14.8 Å². The van der Waals surface area contributed by atoms with Gasteiger partial charge in [0, 0.05) is 6.07 Å². The third-order valence-corrected chi connectivity index (χ3v) is 4.02. The Morgan fingerprint density at radius 1 is 1.30 bits per heavy atom. The summed E-state index contributed by atoms with van der Waals surface area (Å²) in [4.78, 5) is 0.817. The molecular formula is C13H9F2N3S2. The molecule has 0 aliphatic rings. The molecular weight excluding hydrogens is 300 g/mol. The van der Waals surface area contributed by atoms with Gasteiger partial charge in [0.25, 0.3) is 0 Å². The van der Waals surface area contributed by atoms with Gasteiger partial charge in [-0.25, -0.2) is 8.78 Å². The van der Waals surface area contributed by atoms with Crippen molar-refractivity contribution in [2.75, 3.05) is 0 Å². The molecule has 7 heteroatoms. The lowest BCUT2D eigenvalue weighted by atomic mass is 10.2. The summed E-state index contributed by atoms with van der Waals surface area (Å²) in [6.45, 7) is 1.51. The van der Waals surface area contributed by atoms with E-state index in [9.17, 15) is 8.78 Å². The molecule has 0 bridgehead atoms. The number of rotatable bonds is 2. The Morgan fingerprint density at radius 3 is 2.80 bits per heavy atom. The smallest absolute Gasteiger partial charge is 0.200 e. The van der Waals surface area contributed by atoms with E-state index in [0.717, 1.165) is 17.0 Å². The van der Waals surface area contributed by atoms with Crippen molar-refractivity contribution in [1.82, 2.24) is 14.8 Å². The minimum absolute atomic E-state index is 0.0512. The Balaban J connectivity index is 2.28. The Kier molecular flexibility index (Phi) is 3.23. The van der Waals surface area contributed by atoms with Gasteiger partial charge in [-0.2, -0.15) is 5.10 Å². The molecule has 3 aromatic rings.